The topological polar surface area (TPSA) is 76.7 Å². The number of carbonyl (C=O) groups is 2. The molecule has 0 spiro atoms. The zero-order chi connectivity index (χ0) is 19.7. The average molecular weight is 394 g/mol. The van der Waals surface area contributed by atoms with Crippen molar-refractivity contribution in [1.29, 1.82) is 0 Å². The number of carbonyl (C=O) groups excluding carboxylic acids is 2. The second-order valence-electron chi connectivity index (χ2n) is 7.82. The first kappa shape index (κ1) is 19.3. The van der Waals surface area contributed by atoms with E-state index in [0.717, 1.165) is 31.7 Å². The lowest BCUT2D eigenvalue weighted by Crippen LogP contribution is -2.46. The molecule has 0 radical (unpaired) electrons. The highest BCUT2D eigenvalue weighted by atomic mass is 19.2. The van der Waals surface area contributed by atoms with E-state index in [9.17, 15) is 18.4 Å². The van der Waals surface area contributed by atoms with Crippen molar-refractivity contribution in [3.8, 4) is 0 Å². The molecule has 2 N–H and O–H groups in total. The van der Waals surface area contributed by atoms with Gasteiger partial charge >= 0.3 is 0 Å². The van der Waals surface area contributed by atoms with Gasteiger partial charge in [-0.3, -0.25) is 9.59 Å². The Labute approximate surface area is 162 Å². The Kier molecular flexibility index (Phi) is 5.59. The standard InChI is InChI=1S/C20H24F2N2O4/c21-15-6-3-12(7-16(15)22)14(11-1-2-11)8-18(25)23-9-17-19(28-10-27-17)20(26)24-13-4-5-13/h3,6-7,11,13-14,17,19H,1-2,4-5,8-10H2,(H,23,25)(H,24,26)/t14?,17-,19+/m0/s1. The van der Waals surface area contributed by atoms with Crippen molar-refractivity contribution in [3.05, 3.63) is 35.4 Å². The lowest BCUT2D eigenvalue weighted by molar-refractivity contribution is -0.131. The van der Waals surface area contributed by atoms with Crippen molar-refractivity contribution in [3.63, 3.8) is 0 Å². The third-order valence-electron chi connectivity index (χ3n) is 5.52. The van der Waals surface area contributed by atoms with Crippen molar-refractivity contribution < 1.29 is 27.8 Å². The first-order chi connectivity index (χ1) is 13.5. The lowest BCUT2D eigenvalue weighted by atomic mass is 9.90. The summed E-state index contributed by atoms with van der Waals surface area (Å²) in [4.78, 5) is 24.6. The Balaban J connectivity index is 1.31. The Bertz CT molecular complexity index is 752. The Morgan fingerprint density at radius 1 is 1.11 bits per heavy atom. The fraction of sp³-hybridized carbons (Fsp3) is 0.600. The maximum Gasteiger partial charge on any atom is 0.252 e. The minimum absolute atomic E-state index is 0.0167. The molecule has 2 aliphatic carbocycles. The van der Waals surface area contributed by atoms with Crippen LogP contribution in [0, 0.1) is 17.6 Å². The normalized spacial score (nSPS) is 25.4. The van der Waals surface area contributed by atoms with E-state index in [0.29, 0.717) is 11.5 Å². The molecule has 6 nitrogen and oxygen atoms in total. The summed E-state index contributed by atoms with van der Waals surface area (Å²) in [5.74, 6) is -2.06. The van der Waals surface area contributed by atoms with E-state index in [1.54, 1.807) is 6.07 Å². The van der Waals surface area contributed by atoms with Crippen LogP contribution in [0.1, 0.15) is 43.6 Å². The van der Waals surface area contributed by atoms with Gasteiger partial charge in [0, 0.05) is 19.0 Å². The molecule has 3 fully saturated rings. The molecule has 1 heterocycles. The summed E-state index contributed by atoms with van der Waals surface area (Å²) >= 11 is 0. The number of rotatable bonds is 8. The number of hydrogen-bond donors (Lipinski definition) is 2. The quantitative estimate of drug-likeness (QED) is 0.707. The first-order valence-corrected chi connectivity index (χ1v) is 9.76. The molecule has 28 heavy (non-hydrogen) atoms. The summed E-state index contributed by atoms with van der Waals surface area (Å²) in [5.41, 5.74) is 0.638. The molecule has 1 unspecified atom stereocenters. The van der Waals surface area contributed by atoms with E-state index in [-0.39, 0.29) is 43.5 Å². The van der Waals surface area contributed by atoms with Gasteiger partial charge in [-0.1, -0.05) is 6.07 Å². The number of amides is 2. The van der Waals surface area contributed by atoms with Crippen LogP contribution >= 0.6 is 0 Å². The van der Waals surface area contributed by atoms with Gasteiger partial charge in [0.25, 0.3) is 5.91 Å². The fourth-order valence-electron chi connectivity index (χ4n) is 3.60. The van der Waals surface area contributed by atoms with Crippen LogP contribution in [0.2, 0.25) is 0 Å². The Morgan fingerprint density at radius 3 is 2.57 bits per heavy atom. The van der Waals surface area contributed by atoms with Gasteiger partial charge in [-0.25, -0.2) is 8.78 Å². The van der Waals surface area contributed by atoms with E-state index in [4.69, 9.17) is 9.47 Å². The summed E-state index contributed by atoms with van der Waals surface area (Å²) in [6.45, 7) is 0.180. The van der Waals surface area contributed by atoms with Gasteiger partial charge in [0.1, 0.15) is 12.9 Å². The van der Waals surface area contributed by atoms with Crippen LogP contribution in [0.25, 0.3) is 0 Å². The third kappa shape index (κ3) is 4.67. The number of hydrogen-bond acceptors (Lipinski definition) is 4. The minimum atomic E-state index is -0.899. The van der Waals surface area contributed by atoms with Gasteiger partial charge in [-0.2, -0.15) is 0 Å². The number of benzene rings is 1. The second kappa shape index (κ2) is 8.13. The fourth-order valence-corrected chi connectivity index (χ4v) is 3.60. The molecule has 0 aromatic heterocycles. The smallest absolute Gasteiger partial charge is 0.252 e. The molecular weight excluding hydrogens is 370 g/mol. The van der Waals surface area contributed by atoms with E-state index >= 15 is 0 Å². The summed E-state index contributed by atoms with van der Waals surface area (Å²) in [7, 11) is 0. The Hall–Kier alpha value is -2.06. The lowest BCUT2D eigenvalue weighted by Gasteiger charge is -2.19. The van der Waals surface area contributed by atoms with Crippen molar-refractivity contribution in [2.75, 3.05) is 13.3 Å². The summed E-state index contributed by atoms with van der Waals surface area (Å²) in [6.07, 6.45) is 2.82. The highest BCUT2D eigenvalue weighted by Crippen LogP contribution is 2.44. The van der Waals surface area contributed by atoms with E-state index in [1.165, 1.54) is 6.07 Å². The summed E-state index contributed by atoms with van der Waals surface area (Å²) in [6, 6.07) is 4.05. The largest absolute Gasteiger partial charge is 0.353 e. The van der Waals surface area contributed by atoms with Crippen LogP contribution in [0.15, 0.2) is 18.2 Å². The average Bonchev–Trinajstić information content (AvgIpc) is 3.60. The highest BCUT2D eigenvalue weighted by molar-refractivity contribution is 5.82. The van der Waals surface area contributed by atoms with Gasteiger partial charge in [-0.15, -0.1) is 0 Å². The van der Waals surface area contributed by atoms with Gasteiger partial charge in [0.05, 0.1) is 0 Å². The van der Waals surface area contributed by atoms with E-state index in [1.807, 2.05) is 0 Å². The van der Waals surface area contributed by atoms with Crippen LogP contribution in [0.4, 0.5) is 8.78 Å². The predicted molar refractivity (Wildman–Crippen MR) is 95.2 cm³/mol. The molecule has 8 heteroatoms. The molecule has 2 saturated carbocycles. The zero-order valence-electron chi connectivity index (χ0n) is 15.5. The van der Waals surface area contributed by atoms with Crippen molar-refractivity contribution in [2.45, 2.75) is 56.3 Å². The molecule has 1 saturated heterocycles. The molecule has 1 aliphatic heterocycles. The molecule has 1 aromatic rings. The van der Waals surface area contributed by atoms with Crippen LogP contribution in [-0.4, -0.2) is 43.4 Å². The molecule has 152 valence electrons. The van der Waals surface area contributed by atoms with Crippen molar-refractivity contribution in [1.82, 2.24) is 10.6 Å². The van der Waals surface area contributed by atoms with Gasteiger partial charge in [0.15, 0.2) is 17.7 Å². The highest BCUT2D eigenvalue weighted by Gasteiger charge is 2.38. The first-order valence-electron chi connectivity index (χ1n) is 9.76. The number of nitrogens with one attached hydrogen (secondary N) is 2. The second-order valence-corrected chi connectivity index (χ2v) is 7.82. The molecule has 3 aliphatic rings. The summed E-state index contributed by atoms with van der Waals surface area (Å²) < 4.78 is 37.6. The number of ether oxygens (including phenoxy) is 2. The van der Waals surface area contributed by atoms with E-state index in [2.05, 4.69) is 10.6 Å². The van der Waals surface area contributed by atoms with Gasteiger partial charge in [-0.05, 0) is 55.2 Å². The van der Waals surface area contributed by atoms with Crippen molar-refractivity contribution in [2.24, 2.45) is 5.92 Å². The van der Waals surface area contributed by atoms with Crippen LogP contribution in [-0.2, 0) is 19.1 Å². The maximum atomic E-state index is 13.6. The minimum Gasteiger partial charge on any atom is -0.353 e. The van der Waals surface area contributed by atoms with E-state index < -0.39 is 23.8 Å². The van der Waals surface area contributed by atoms with Gasteiger partial charge in [0.2, 0.25) is 5.91 Å². The monoisotopic (exact) mass is 394 g/mol. The molecule has 1 aromatic carbocycles. The molecule has 4 rings (SSSR count). The Morgan fingerprint density at radius 2 is 1.89 bits per heavy atom. The van der Waals surface area contributed by atoms with Gasteiger partial charge < -0.3 is 20.1 Å². The molecule has 0 bridgehead atoms. The van der Waals surface area contributed by atoms with Crippen molar-refractivity contribution >= 4 is 11.8 Å². The molecule has 2 amide bonds. The maximum absolute atomic E-state index is 13.6. The van der Waals surface area contributed by atoms with Crippen LogP contribution in [0.3, 0.4) is 0 Å². The SMILES string of the molecule is O=C(CC(c1ccc(F)c(F)c1)C1CC1)NC[C@@H]1OCO[C@H]1C(=O)NC1CC1. The number of halogens is 2. The zero-order valence-corrected chi connectivity index (χ0v) is 15.5. The molecule has 3 atom stereocenters. The summed E-state index contributed by atoms with van der Waals surface area (Å²) in [5, 5.41) is 5.67. The van der Waals surface area contributed by atoms with Crippen LogP contribution in [0.5, 0.6) is 0 Å². The van der Waals surface area contributed by atoms with Crippen LogP contribution < -0.4 is 10.6 Å². The molecular formula is C20H24F2N2O4. The third-order valence-corrected chi connectivity index (χ3v) is 5.52. The predicted octanol–water partition coefficient (Wildman–Crippen LogP) is 1.98.